The Morgan fingerprint density at radius 3 is 1.34 bits per heavy atom. The molecular weight excluding hydrogens is 608 g/mol. The Kier molecular flexibility index (Phi) is 14.0. The summed E-state index contributed by atoms with van der Waals surface area (Å²) >= 11 is 0. The first kappa shape index (κ1) is 37.7. The van der Waals surface area contributed by atoms with Crippen molar-refractivity contribution in [3.63, 3.8) is 0 Å². The zero-order valence-electron chi connectivity index (χ0n) is 23.5. The van der Waals surface area contributed by atoms with Gasteiger partial charge in [-0.25, -0.2) is 0 Å². The van der Waals surface area contributed by atoms with Crippen molar-refractivity contribution < 1.29 is 99.9 Å². The second kappa shape index (κ2) is 16.3. The molecule has 44 heavy (non-hydrogen) atoms. The number of aliphatic hydroxyl groups excluding tert-OH is 14. The van der Waals surface area contributed by atoms with Crippen LogP contribution in [0.1, 0.15) is 6.92 Å². The fourth-order valence-electron chi connectivity index (χ4n) is 5.11. The van der Waals surface area contributed by atoms with E-state index < -0.39 is 143 Å². The third-order valence-electron chi connectivity index (χ3n) is 7.80. The Morgan fingerprint density at radius 2 is 0.909 bits per heavy atom. The molecule has 3 aliphatic rings. The van der Waals surface area contributed by atoms with Gasteiger partial charge < -0.3 is 99.9 Å². The summed E-state index contributed by atoms with van der Waals surface area (Å²) in [4.78, 5) is 0. The van der Waals surface area contributed by atoms with Crippen LogP contribution in [0.2, 0.25) is 0 Å². The van der Waals surface area contributed by atoms with E-state index in [1.807, 2.05) is 0 Å². The van der Waals surface area contributed by atoms with Crippen molar-refractivity contribution in [2.45, 2.75) is 123 Å². The van der Waals surface area contributed by atoms with Gasteiger partial charge in [-0.3, -0.25) is 0 Å². The van der Waals surface area contributed by atoms with Gasteiger partial charge in [-0.05, 0) is 6.92 Å². The van der Waals surface area contributed by atoms with E-state index in [9.17, 15) is 71.5 Å². The molecule has 3 heterocycles. The van der Waals surface area contributed by atoms with Crippen molar-refractivity contribution in [1.29, 1.82) is 0 Å². The van der Waals surface area contributed by atoms with Crippen LogP contribution in [0, 0.1) is 0 Å². The molecule has 19 atom stereocenters. The second-order valence-electron chi connectivity index (χ2n) is 10.9. The minimum Gasteiger partial charge on any atom is -0.394 e. The van der Waals surface area contributed by atoms with Crippen LogP contribution in [0.15, 0.2) is 0 Å². The topological polar surface area (TPSA) is 339 Å². The molecule has 0 spiro atoms. The Hall–Kier alpha value is -0.800. The van der Waals surface area contributed by atoms with Crippen LogP contribution >= 0.6 is 0 Å². The molecule has 0 aromatic carbocycles. The van der Waals surface area contributed by atoms with Crippen LogP contribution in [-0.4, -0.2) is 214 Å². The van der Waals surface area contributed by atoms with Gasteiger partial charge in [0.25, 0.3) is 0 Å². The van der Waals surface area contributed by atoms with Gasteiger partial charge in [0.2, 0.25) is 0 Å². The first-order chi connectivity index (χ1) is 20.7. The lowest BCUT2D eigenvalue weighted by molar-refractivity contribution is -0.371. The molecule has 260 valence electrons. The summed E-state index contributed by atoms with van der Waals surface area (Å²) in [5.41, 5.74) is 0. The maximum atomic E-state index is 10.9. The number of aliphatic hydroxyl groups is 14. The lowest BCUT2D eigenvalue weighted by Gasteiger charge is -2.47. The van der Waals surface area contributed by atoms with Crippen molar-refractivity contribution in [2.24, 2.45) is 0 Å². The predicted octanol–water partition coefficient (Wildman–Crippen LogP) is -9.09. The Bertz CT molecular complexity index is 853. The van der Waals surface area contributed by atoms with Gasteiger partial charge in [-0.15, -0.1) is 0 Å². The Labute approximate surface area is 250 Å². The van der Waals surface area contributed by atoms with Crippen LogP contribution in [0.5, 0.6) is 0 Å². The number of hydrogen-bond donors (Lipinski definition) is 14. The molecule has 3 aliphatic heterocycles. The highest BCUT2D eigenvalue weighted by molar-refractivity contribution is 4.95. The van der Waals surface area contributed by atoms with Crippen LogP contribution in [-0.2, 0) is 28.4 Å². The molecule has 3 fully saturated rings. The molecular formula is C24H44O20. The summed E-state index contributed by atoms with van der Waals surface area (Å²) in [5, 5.41) is 142. The lowest BCUT2D eigenvalue weighted by Crippen LogP contribution is -2.65. The maximum absolute atomic E-state index is 10.9. The van der Waals surface area contributed by atoms with E-state index in [2.05, 4.69) is 0 Å². The number of ether oxygens (including phenoxy) is 6. The molecule has 0 bridgehead atoms. The molecule has 0 radical (unpaired) electrons. The molecule has 3 saturated heterocycles. The summed E-state index contributed by atoms with van der Waals surface area (Å²) in [5.74, 6) is 0. The van der Waals surface area contributed by atoms with Crippen molar-refractivity contribution >= 4 is 0 Å². The van der Waals surface area contributed by atoms with E-state index in [0.29, 0.717) is 0 Å². The van der Waals surface area contributed by atoms with Crippen LogP contribution in [0.25, 0.3) is 0 Å². The van der Waals surface area contributed by atoms with Gasteiger partial charge in [0.05, 0.1) is 32.5 Å². The van der Waals surface area contributed by atoms with Gasteiger partial charge in [-0.1, -0.05) is 0 Å². The molecule has 0 aromatic heterocycles. The highest BCUT2D eigenvalue weighted by atomic mass is 16.8. The predicted molar refractivity (Wildman–Crippen MR) is 135 cm³/mol. The molecule has 0 aliphatic carbocycles. The van der Waals surface area contributed by atoms with E-state index >= 15 is 0 Å². The molecule has 14 N–H and O–H groups in total. The molecule has 0 aromatic rings. The van der Waals surface area contributed by atoms with Gasteiger partial charge >= 0.3 is 0 Å². The van der Waals surface area contributed by atoms with Gasteiger partial charge in [-0.2, -0.15) is 0 Å². The summed E-state index contributed by atoms with van der Waals surface area (Å²) in [6, 6.07) is 0. The minimum absolute atomic E-state index is 0.761. The van der Waals surface area contributed by atoms with Gasteiger partial charge in [0, 0.05) is 0 Å². The average molecular weight is 653 g/mol. The monoisotopic (exact) mass is 652 g/mol. The third-order valence-corrected chi connectivity index (χ3v) is 7.80. The highest BCUT2D eigenvalue weighted by Gasteiger charge is 2.52. The van der Waals surface area contributed by atoms with Crippen molar-refractivity contribution in [2.75, 3.05) is 26.4 Å². The summed E-state index contributed by atoms with van der Waals surface area (Å²) in [7, 11) is 0. The van der Waals surface area contributed by atoms with E-state index in [-0.39, 0.29) is 0 Å². The van der Waals surface area contributed by atoms with Crippen molar-refractivity contribution in [3.8, 4) is 0 Å². The zero-order valence-corrected chi connectivity index (χ0v) is 23.5. The fraction of sp³-hybridized carbons (Fsp3) is 1.00. The third kappa shape index (κ3) is 8.00. The second-order valence-corrected chi connectivity index (χ2v) is 10.9. The zero-order chi connectivity index (χ0) is 33.0. The number of rotatable bonds is 13. The molecule has 20 heteroatoms. The largest absolute Gasteiger partial charge is 0.394 e. The van der Waals surface area contributed by atoms with Crippen molar-refractivity contribution in [3.05, 3.63) is 0 Å². The highest BCUT2D eigenvalue weighted by Crippen LogP contribution is 2.32. The van der Waals surface area contributed by atoms with Crippen molar-refractivity contribution in [1.82, 2.24) is 0 Å². The minimum atomic E-state index is -2.02. The molecule has 3 rings (SSSR count). The molecule has 0 saturated carbocycles. The Morgan fingerprint density at radius 1 is 0.523 bits per heavy atom. The summed E-state index contributed by atoms with van der Waals surface area (Å²) < 4.78 is 32.7. The van der Waals surface area contributed by atoms with Crippen LogP contribution in [0.3, 0.4) is 0 Å². The molecule has 0 unspecified atom stereocenters. The Balaban J connectivity index is 1.78. The maximum Gasteiger partial charge on any atom is 0.187 e. The van der Waals surface area contributed by atoms with E-state index in [0.717, 1.165) is 0 Å². The van der Waals surface area contributed by atoms with E-state index in [1.165, 1.54) is 6.92 Å². The van der Waals surface area contributed by atoms with Crippen LogP contribution < -0.4 is 0 Å². The SMILES string of the molecule is C[C@@H]1O[C@@H](O[C@@H]([C@@H](O[C@H]2O[C@H](CO)[C@@H](O)[C@H](O)[C@H]2O)[C@H](O)CO)[C@@H](O)CO)[C@H](O)[C@H](O)[C@H]1O[C@@H]1O[C@H](CO)[C@@H](O)[C@H](O)[C@@H]1O. The fourth-order valence-corrected chi connectivity index (χ4v) is 5.11. The van der Waals surface area contributed by atoms with Crippen LogP contribution in [0.4, 0.5) is 0 Å². The van der Waals surface area contributed by atoms with Gasteiger partial charge in [0.1, 0.15) is 91.6 Å². The summed E-state index contributed by atoms with van der Waals surface area (Å²) in [6.07, 6.45) is -33.6. The molecule has 0 amide bonds. The van der Waals surface area contributed by atoms with E-state index in [1.54, 1.807) is 0 Å². The van der Waals surface area contributed by atoms with Gasteiger partial charge in [0.15, 0.2) is 18.9 Å². The quantitative estimate of drug-likeness (QED) is 0.0878. The molecule has 20 nitrogen and oxygen atoms in total. The average Bonchev–Trinajstić information content (AvgIpc) is 3.02. The number of hydrogen-bond acceptors (Lipinski definition) is 20. The lowest BCUT2D eigenvalue weighted by atomic mass is 9.97. The van der Waals surface area contributed by atoms with E-state index in [4.69, 9.17) is 28.4 Å². The smallest absolute Gasteiger partial charge is 0.187 e. The first-order valence-corrected chi connectivity index (χ1v) is 13.9. The first-order valence-electron chi connectivity index (χ1n) is 13.9. The standard InChI is InChI=1S/C24H44O20/c1-6-19(42-23-16(36)13(33)11(31)9(4-27)40-23)15(35)18(38)22(39-6)43-20(7(29)2-25)21(8(30)3-26)44-24-17(37)14(34)12(32)10(5-28)41-24/h6-38H,2-5H2,1H3/t6-,7-,8+,9+,10+,11+,12+,13-,14-,15-,16-,17+,18+,19-,20+,21-,22-,23-,24+/m0/s1. The normalized spacial score (nSPS) is 46.3. The summed E-state index contributed by atoms with van der Waals surface area (Å²) in [6.45, 7) is -2.38.